The van der Waals surface area contributed by atoms with Crippen LogP contribution in [0.4, 0.5) is 5.69 Å². The predicted octanol–water partition coefficient (Wildman–Crippen LogP) is 4.09. The van der Waals surface area contributed by atoms with Gasteiger partial charge in [-0.2, -0.15) is 0 Å². The van der Waals surface area contributed by atoms with E-state index in [1.807, 2.05) is 18.2 Å². The van der Waals surface area contributed by atoms with Crippen LogP contribution in [0.5, 0.6) is 11.5 Å². The highest BCUT2D eigenvalue weighted by molar-refractivity contribution is 6.21. The summed E-state index contributed by atoms with van der Waals surface area (Å²) >= 11 is 0. The summed E-state index contributed by atoms with van der Waals surface area (Å²) in [5.41, 5.74) is 3.66. The number of benzene rings is 3. The number of para-hydroxylation sites is 1. The summed E-state index contributed by atoms with van der Waals surface area (Å²) in [6.45, 7) is 0.620. The second-order valence-electron chi connectivity index (χ2n) is 8.31. The molecule has 5 rings (SSSR count). The number of hydrogen-bond donors (Lipinski definition) is 0. The molecule has 0 saturated heterocycles. The van der Waals surface area contributed by atoms with Gasteiger partial charge >= 0.3 is 0 Å². The Balaban J connectivity index is 1.48. The SMILES string of the molecule is COc1ccc(CN2C(=O)c3ccccc3C2=O)cc1C(=O)N1CCCc2cccc(OC)c21. The van der Waals surface area contributed by atoms with Crippen molar-refractivity contribution in [1.29, 1.82) is 0 Å². The van der Waals surface area contributed by atoms with E-state index in [1.165, 1.54) is 12.0 Å². The Hall–Kier alpha value is -4.13. The molecule has 0 aromatic heterocycles. The van der Waals surface area contributed by atoms with E-state index in [1.54, 1.807) is 54.5 Å². The number of aryl methyl sites for hydroxylation is 1. The minimum Gasteiger partial charge on any atom is -0.496 e. The molecule has 0 spiro atoms. The van der Waals surface area contributed by atoms with Gasteiger partial charge in [0, 0.05) is 6.54 Å². The van der Waals surface area contributed by atoms with Gasteiger partial charge in [0.15, 0.2) is 0 Å². The Morgan fingerprint density at radius 2 is 1.59 bits per heavy atom. The quantitative estimate of drug-likeness (QED) is 0.541. The minimum absolute atomic E-state index is 0.0660. The zero-order chi connectivity index (χ0) is 23.8. The molecule has 7 heteroatoms. The first kappa shape index (κ1) is 21.7. The third-order valence-corrected chi connectivity index (χ3v) is 6.36. The summed E-state index contributed by atoms with van der Waals surface area (Å²) < 4.78 is 11.0. The van der Waals surface area contributed by atoms with Gasteiger partial charge in [-0.15, -0.1) is 0 Å². The molecule has 0 fully saturated rings. The number of imide groups is 1. The standard InChI is InChI=1S/C27H24N2O5/c1-33-22-13-12-17(16-29-25(30)19-9-3-4-10-20(19)26(29)31)15-21(22)27(32)28-14-6-8-18-7-5-11-23(34-2)24(18)28/h3-5,7,9-13,15H,6,8,14,16H2,1-2H3. The van der Waals surface area contributed by atoms with Crippen LogP contribution >= 0.6 is 0 Å². The van der Waals surface area contributed by atoms with Crippen LogP contribution in [0.3, 0.4) is 0 Å². The van der Waals surface area contributed by atoms with E-state index >= 15 is 0 Å². The summed E-state index contributed by atoms with van der Waals surface area (Å²) in [6.07, 6.45) is 1.70. The zero-order valence-electron chi connectivity index (χ0n) is 19.0. The molecular formula is C27H24N2O5. The first-order valence-electron chi connectivity index (χ1n) is 11.1. The molecule has 3 aromatic rings. The second-order valence-corrected chi connectivity index (χ2v) is 8.31. The van der Waals surface area contributed by atoms with E-state index in [4.69, 9.17) is 9.47 Å². The van der Waals surface area contributed by atoms with Gasteiger partial charge in [0.05, 0.1) is 43.1 Å². The lowest BCUT2D eigenvalue weighted by atomic mass is 9.99. The molecule has 0 N–H and O–H groups in total. The van der Waals surface area contributed by atoms with Gasteiger partial charge in [-0.25, -0.2) is 0 Å². The molecule has 3 aromatic carbocycles. The number of amides is 3. The summed E-state index contributed by atoms with van der Waals surface area (Å²) in [5, 5.41) is 0. The van der Waals surface area contributed by atoms with Gasteiger partial charge in [-0.1, -0.05) is 30.3 Å². The smallest absolute Gasteiger partial charge is 0.262 e. The van der Waals surface area contributed by atoms with Gasteiger partial charge in [-0.3, -0.25) is 19.3 Å². The van der Waals surface area contributed by atoms with Crippen molar-refractivity contribution in [3.05, 3.63) is 88.5 Å². The van der Waals surface area contributed by atoms with Crippen molar-refractivity contribution in [2.24, 2.45) is 0 Å². The number of carbonyl (C=O) groups excluding carboxylic acids is 3. The van der Waals surface area contributed by atoms with Crippen LogP contribution < -0.4 is 14.4 Å². The number of rotatable bonds is 5. The molecule has 7 nitrogen and oxygen atoms in total. The van der Waals surface area contributed by atoms with Crippen LogP contribution in [0.1, 0.15) is 48.6 Å². The molecule has 3 amide bonds. The normalized spacial score (nSPS) is 14.6. The highest BCUT2D eigenvalue weighted by Gasteiger charge is 2.35. The fourth-order valence-electron chi connectivity index (χ4n) is 4.71. The largest absolute Gasteiger partial charge is 0.496 e. The van der Waals surface area contributed by atoms with Crippen LogP contribution in [0.25, 0.3) is 0 Å². The maximum absolute atomic E-state index is 13.7. The Kier molecular flexibility index (Phi) is 5.53. The fourth-order valence-corrected chi connectivity index (χ4v) is 4.71. The number of ether oxygens (including phenoxy) is 2. The molecule has 2 heterocycles. The van der Waals surface area contributed by atoms with E-state index < -0.39 is 0 Å². The number of methoxy groups -OCH3 is 2. The average Bonchev–Trinajstić information content (AvgIpc) is 3.12. The Bertz CT molecular complexity index is 1270. The molecule has 2 aliphatic rings. The van der Waals surface area contributed by atoms with E-state index in [2.05, 4.69) is 0 Å². The molecule has 0 atom stereocenters. The van der Waals surface area contributed by atoms with Crippen LogP contribution in [-0.2, 0) is 13.0 Å². The van der Waals surface area contributed by atoms with Crippen molar-refractivity contribution in [1.82, 2.24) is 4.90 Å². The van der Waals surface area contributed by atoms with E-state index in [9.17, 15) is 14.4 Å². The Morgan fingerprint density at radius 3 is 2.26 bits per heavy atom. The Morgan fingerprint density at radius 1 is 0.882 bits per heavy atom. The lowest BCUT2D eigenvalue weighted by Gasteiger charge is -2.31. The third kappa shape index (κ3) is 3.50. The molecule has 0 bridgehead atoms. The highest BCUT2D eigenvalue weighted by atomic mass is 16.5. The summed E-state index contributed by atoms with van der Waals surface area (Å²) in [5.74, 6) is 0.189. The van der Waals surface area contributed by atoms with Crippen molar-refractivity contribution >= 4 is 23.4 Å². The summed E-state index contributed by atoms with van der Waals surface area (Å²) in [4.78, 5) is 42.3. The zero-order valence-corrected chi connectivity index (χ0v) is 19.0. The highest BCUT2D eigenvalue weighted by Crippen LogP contribution is 2.38. The van der Waals surface area contributed by atoms with Crippen molar-refractivity contribution < 1.29 is 23.9 Å². The second kappa shape index (κ2) is 8.67. The molecule has 0 radical (unpaired) electrons. The maximum atomic E-state index is 13.7. The maximum Gasteiger partial charge on any atom is 0.262 e. The van der Waals surface area contributed by atoms with Crippen molar-refractivity contribution in [3.8, 4) is 11.5 Å². The number of hydrogen-bond acceptors (Lipinski definition) is 5. The van der Waals surface area contributed by atoms with Gasteiger partial charge in [0.2, 0.25) is 0 Å². The van der Waals surface area contributed by atoms with Gasteiger partial charge < -0.3 is 14.4 Å². The molecule has 0 unspecified atom stereocenters. The summed E-state index contributed by atoms with van der Waals surface area (Å²) in [6, 6.07) is 17.7. The predicted molar refractivity (Wildman–Crippen MR) is 127 cm³/mol. The lowest BCUT2D eigenvalue weighted by Crippen LogP contribution is -2.36. The van der Waals surface area contributed by atoms with Crippen LogP contribution in [0.15, 0.2) is 60.7 Å². The number of fused-ring (bicyclic) bond motifs is 2. The fraction of sp³-hybridized carbons (Fsp3) is 0.222. The van der Waals surface area contributed by atoms with Gasteiger partial charge in [0.1, 0.15) is 11.5 Å². The topological polar surface area (TPSA) is 76.2 Å². The molecule has 0 saturated carbocycles. The van der Waals surface area contributed by atoms with E-state index in [0.717, 1.165) is 24.1 Å². The van der Waals surface area contributed by atoms with Crippen molar-refractivity contribution in [2.75, 3.05) is 25.7 Å². The monoisotopic (exact) mass is 456 g/mol. The molecular weight excluding hydrogens is 432 g/mol. The van der Waals surface area contributed by atoms with Crippen LogP contribution in [-0.4, -0.2) is 43.4 Å². The molecule has 172 valence electrons. The van der Waals surface area contributed by atoms with Crippen molar-refractivity contribution in [3.63, 3.8) is 0 Å². The lowest BCUT2D eigenvalue weighted by molar-refractivity contribution is 0.0642. The molecule has 34 heavy (non-hydrogen) atoms. The first-order chi connectivity index (χ1) is 16.5. The van der Waals surface area contributed by atoms with Gasteiger partial charge in [0.25, 0.3) is 17.7 Å². The number of carbonyl (C=O) groups is 3. The van der Waals surface area contributed by atoms with E-state index in [-0.39, 0.29) is 24.3 Å². The first-order valence-corrected chi connectivity index (χ1v) is 11.1. The van der Waals surface area contributed by atoms with Gasteiger partial charge in [-0.05, 0) is 54.3 Å². The Labute approximate surface area is 197 Å². The summed E-state index contributed by atoms with van der Waals surface area (Å²) in [7, 11) is 3.11. The third-order valence-electron chi connectivity index (χ3n) is 6.36. The number of anilines is 1. The average molecular weight is 456 g/mol. The van der Waals surface area contributed by atoms with Crippen molar-refractivity contribution in [2.45, 2.75) is 19.4 Å². The molecule has 0 aliphatic carbocycles. The van der Waals surface area contributed by atoms with Crippen LogP contribution in [0, 0.1) is 0 Å². The van der Waals surface area contributed by atoms with E-state index in [0.29, 0.717) is 40.3 Å². The minimum atomic E-state index is -0.334. The van der Waals surface area contributed by atoms with Crippen LogP contribution in [0.2, 0.25) is 0 Å². The number of nitrogens with zero attached hydrogens (tertiary/aromatic N) is 2. The molecule has 2 aliphatic heterocycles.